The molecular formula is C17H15FN2O3S. The summed E-state index contributed by atoms with van der Waals surface area (Å²) in [6.07, 6.45) is 1.58. The highest BCUT2D eigenvalue weighted by Gasteiger charge is 2.12. The largest absolute Gasteiger partial charge is 0.334 e. The van der Waals surface area contributed by atoms with Crippen molar-refractivity contribution in [3.63, 3.8) is 0 Å². The average Bonchev–Trinajstić information content (AvgIpc) is 2.98. The number of hydrogen-bond donors (Lipinski definition) is 0. The van der Waals surface area contributed by atoms with Crippen molar-refractivity contribution in [3.8, 4) is 11.5 Å². The quantitative estimate of drug-likeness (QED) is 0.725. The van der Waals surface area contributed by atoms with Crippen LogP contribution in [0.1, 0.15) is 17.0 Å². The van der Waals surface area contributed by atoms with Gasteiger partial charge in [-0.3, -0.25) is 0 Å². The van der Waals surface area contributed by atoms with Crippen LogP contribution in [0.4, 0.5) is 4.39 Å². The van der Waals surface area contributed by atoms with Crippen molar-refractivity contribution in [3.05, 3.63) is 65.2 Å². The van der Waals surface area contributed by atoms with E-state index in [0.29, 0.717) is 23.7 Å². The van der Waals surface area contributed by atoms with Crippen LogP contribution in [0.15, 0.2) is 51.9 Å². The molecule has 0 bridgehead atoms. The molecule has 0 saturated carbocycles. The zero-order valence-electron chi connectivity index (χ0n) is 13.2. The molecule has 0 spiro atoms. The number of sulfone groups is 1. The lowest BCUT2D eigenvalue weighted by atomic mass is 10.1. The Balaban J connectivity index is 1.83. The van der Waals surface area contributed by atoms with E-state index >= 15 is 0 Å². The summed E-state index contributed by atoms with van der Waals surface area (Å²) in [6.45, 7) is 1.82. The van der Waals surface area contributed by atoms with Gasteiger partial charge in [-0.2, -0.15) is 4.98 Å². The van der Waals surface area contributed by atoms with E-state index in [2.05, 4.69) is 10.1 Å². The third kappa shape index (κ3) is 3.51. The molecule has 0 unspecified atom stereocenters. The van der Waals surface area contributed by atoms with Crippen LogP contribution in [-0.4, -0.2) is 24.8 Å². The molecule has 5 nitrogen and oxygen atoms in total. The predicted octanol–water partition coefficient (Wildman–Crippen LogP) is 3.18. The molecule has 0 aliphatic rings. The molecule has 0 fully saturated rings. The van der Waals surface area contributed by atoms with Gasteiger partial charge in [-0.15, -0.1) is 0 Å². The van der Waals surface area contributed by atoms with Crippen LogP contribution in [-0.2, 0) is 16.3 Å². The molecule has 0 amide bonds. The minimum atomic E-state index is -3.24. The van der Waals surface area contributed by atoms with E-state index in [0.717, 1.165) is 17.4 Å². The molecular weight excluding hydrogens is 331 g/mol. The van der Waals surface area contributed by atoms with Crippen LogP contribution < -0.4 is 0 Å². The van der Waals surface area contributed by atoms with Crippen LogP contribution in [0, 0.1) is 12.7 Å². The minimum Gasteiger partial charge on any atom is -0.334 e. The summed E-state index contributed by atoms with van der Waals surface area (Å²) in [7, 11) is -3.24. The zero-order chi connectivity index (χ0) is 17.3. The van der Waals surface area contributed by atoms with E-state index in [9.17, 15) is 12.8 Å². The van der Waals surface area contributed by atoms with Gasteiger partial charge in [-0.25, -0.2) is 12.8 Å². The fourth-order valence-corrected chi connectivity index (χ4v) is 2.95. The van der Waals surface area contributed by atoms with Gasteiger partial charge in [0.05, 0.1) is 4.90 Å². The maximum absolute atomic E-state index is 13.1. The molecule has 24 heavy (non-hydrogen) atoms. The first-order valence-corrected chi connectivity index (χ1v) is 9.10. The Morgan fingerprint density at radius 2 is 1.83 bits per heavy atom. The molecule has 0 atom stereocenters. The number of aryl methyl sites for hydroxylation is 1. The lowest BCUT2D eigenvalue weighted by Crippen LogP contribution is -1.96. The summed E-state index contributed by atoms with van der Waals surface area (Å²) in [5, 5.41) is 3.92. The van der Waals surface area contributed by atoms with Crippen molar-refractivity contribution in [1.82, 2.24) is 10.1 Å². The first kappa shape index (κ1) is 16.3. The predicted molar refractivity (Wildman–Crippen MR) is 86.8 cm³/mol. The number of benzene rings is 2. The molecule has 3 aromatic rings. The minimum absolute atomic E-state index is 0.230. The summed E-state index contributed by atoms with van der Waals surface area (Å²) in [4.78, 5) is 4.54. The van der Waals surface area contributed by atoms with E-state index in [1.807, 2.05) is 6.92 Å². The second kappa shape index (κ2) is 6.16. The van der Waals surface area contributed by atoms with Crippen molar-refractivity contribution >= 4 is 9.84 Å². The van der Waals surface area contributed by atoms with Crippen LogP contribution in [0.2, 0.25) is 0 Å². The van der Waals surface area contributed by atoms with Crippen molar-refractivity contribution in [2.45, 2.75) is 18.2 Å². The number of nitrogens with zero attached hydrogens (tertiary/aromatic N) is 2. The van der Waals surface area contributed by atoms with Crippen molar-refractivity contribution in [2.75, 3.05) is 6.26 Å². The van der Waals surface area contributed by atoms with Gasteiger partial charge in [-0.1, -0.05) is 11.2 Å². The molecule has 2 aromatic carbocycles. The first-order valence-electron chi connectivity index (χ1n) is 7.21. The molecule has 0 saturated heterocycles. The monoisotopic (exact) mass is 346 g/mol. The number of rotatable bonds is 4. The average molecular weight is 346 g/mol. The molecule has 7 heteroatoms. The highest BCUT2D eigenvalue weighted by Crippen LogP contribution is 2.21. The lowest BCUT2D eigenvalue weighted by Gasteiger charge is -2.02. The van der Waals surface area contributed by atoms with Crippen LogP contribution in [0.3, 0.4) is 0 Å². The molecule has 3 rings (SSSR count). The van der Waals surface area contributed by atoms with E-state index in [4.69, 9.17) is 4.52 Å². The Labute approximate surface area is 139 Å². The van der Waals surface area contributed by atoms with Crippen LogP contribution in [0.25, 0.3) is 11.5 Å². The van der Waals surface area contributed by atoms with Gasteiger partial charge in [0, 0.05) is 18.2 Å². The van der Waals surface area contributed by atoms with Gasteiger partial charge in [0.1, 0.15) is 5.82 Å². The Kier molecular flexibility index (Phi) is 4.19. The van der Waals surface area contributed by atoms with Crippen LogP contribution >= 0.6 is 0 Å². The second-order valence-corrected chi connectivity index (χ2v) is 7.58. The molecule has 0 aliphatic heterocycles. The maximum Gasteiger partial charge on any atom is 0.257 e. The van der Waals surface area contributed by atoms with Crippen molar-refractivity contribution in [2.24, 2.45) is 0 Å². The van der Waals surface area contributed by atoms with Gasteiger partial charge >= 0.3 is 0 Å². The summed E-state index contributed by atoms with van der Waals surface area (Å²) < 4.78 is 41.3. The Bertz CT molecular complexity index is 979. The van der Waals surface area contributed by atoms with E-state index in [1.54, 1.807) is 18.2 Å². The summed E-state index contributed by atoms with van der Waals surface area (Å²) in [6, 6.07) is 10.8. The smallest absolute Gasteiger partial charge is 0.257 e. The Morgan fingerprint density at radius 1 is 1.12 bits per heavy atom. The summed E-state index contributed by atoms with van der Waals surface area (Å²) in [5.74, 6) is 0.507. The van der Waals surface area contributed by atoms with E-state index < -0.39 is 9.84 Å². The van der Waals surface area contributed by atoms with E-state index in [1.165, 1.54) is 24.3 Å². The zero-order valence-corrected chi connectivity index (χ0v) is 14.0. The summed E-state index contributed by atoms with van der Waals surface area (Å²) >= 11 is 0. The third-order valence-electron chi connectivity index (χ3n) is 3.65. The van der Waals surface area contributed by atoms with Gasteiger partial charge < -0.3 is 4.52 Å². The SMILES string of the molecule is Cc1cc(F)ccc1Cc1noc(-c2ccc(S(C)(=O)=O)cc2)n1. The normalized spacial score (nSPS) is 11.6. The van der Waals surface area contributed by atoms with Crippen LogP contribution in [0.5, 0.6) is 0 Å². The fraction of sp³-hybridized carbons (Fsp3) is 0.176. The highest BCUT2D eigenvalue weighted by molar-refractivity contribution is 7.90. The third-order valence-corrected chi connectivity index (χ3v) is 4.78. The first-order chi connectivity index (χ1) is 11.3. The molecule has 1 heterocycles. The van der Waals surface area contributed by atoms with Crippen molar-refractivity contribution < 1.29 is 17.3 Å². The van der Waals surface area contributed by atoms with Gasteiger partial charge in [0.2, 0.25) is 0 Å². The molecule has 0 aliphatic carbocycles. The second-order valence-electron chi connectivity index (χ2n) is 5.56. The van der Waals surface area contributed by atoms with Crippen molar-refractivity contribution in [1.29, 1.82) is 0 Å². The number of hydrogen-bond acceptors (Lipinski definition) is 5. The highest BCUT2D eigenvalue weighted by atomic mass is 32.2. The molecule has 124 valence electrons. The number of halogens is 1. The van der Waals surface area contributed by atoms with Gasteiger partial charge in [0.15, 0.2) is 15.7 Å². The number of aromatic nitrogens is 2. The van der Waals surface area contributed by atoms with Gasteiger partial charge in [0.25, 0.3) is 5.89 Å². The lowest BCUT2D eigenvalue weighted by molar-refractivity contribution is 0.424. The molecule has 0 radical (unpaired) electrons. The summed E-state index contributed by atoms with van der Waals surface area (Å²) in [5.41, 5.74) is 2.37. The van der Waals surface area contributed by atoms with E-state index in [-0.39, 0.29) is 10.7 Å². The Morgan fingerprint density at radius 3 is 2.46 bits per heavy atom. The standard InChI is InChI=1S/C17H15FN2O3S/c1-11-9-14(18)6-3-13(11)10-16-19-17(23-20-16)12-4-7-15(8-5-12)24(2,21)22/h3-9H,10H2,1-2H3. The molecule has 0 N–H and O–H groups in total. The topological polar surface area (TPSA) is 73.1 Å². The van der Waals surface area contributed by atoms with Gasteiger partial charge in [-0.05, 0) is 54.4 Å². The fourth-order valence-electron chi connectivity index (χ4n) is 2.32. The maximum atomic E-state index is 13.1. The Hall–Kier alpha value is -2.54. The molecule has 1 aromatic heterocycles.